The van der Waals surface area contributed by atoms with Gasteiger partial charge >= 0.3 is 0 Å². The fraction of sp³-hybridized carbons (Fsp3) is 0.100. The van der Waals surface area contributed by atoms with E-state index in [4.69, 9.17) is 9.47 Å². The van der Waals surface area contributed by atoms with Crippen molar-refractivity contribution in [2.75, 3.05) is 18.9 Å². The average molecular weight is 529 g/mol. The number of ether oxygens (including phenoxy) is 2. The van der Waals surface area contributed by atoms with Crippen molar-refractivity contribution in [3.63, 3.8) is 0 Å². The molecule has 6 nitrogen and oxygen atoms in total. The zero-order valence-electron chi connectivity index (χ0n) is 20.8. The third-order valence-electron chi connectivity index (χ3n) is 6.27. The van der Waals surface area contributed by atoms with Crippen LogP contribution in [0.15, 0.2) is 102 Å². The van der Waals surface area contributed by atoms with Crippen molar-refractivity contribution in [3.05, 3.63) is 114 Å². The number of rotatable bonds is 8. The van der Waals surface area contributed by atoms with Crippen LogP contribution in [0.4, 0.5) is 10.1 Å². The molecule has 0 radical (unpaired) electrons. The number of sulfonamides is 1. The molecule has 0 saturated carbocycles. The number of halogens is 1. The summed E-state index contributed by atoms with van der Waals surface area (Å²) in [7, 11) is -0.819. The maximum atomic E-state index is 15.2. The molecule has 0 aliphatic heterocycles. The molecule has 0 atom stereocenters. The van der Waals surface area contributed by atoms with Crippen LogP contribution in [0.25, 0.3) is 22.0 Å². The minimum atomic E-state index is -3.93. The zero-order chi connectivity index (χ0) is 26.7. The molecule has 0 bridgehead atoms. The number of pyridine rings is 1. The van der Waals surface area contributed by atoms with Gasteiger partial charge in [-0.1, -0.05) is 48.5 Å². The predicted molar refractivity (Wildman–Crippen MR) is 147 cm³/mol. The first-order valence-corrected chi connectivity index (χ1v) is 13.3. The topological polar surface area (TPSA) is 77.5 Å². The van der Waals surface area contributed by atoms with Crippen LogP contribution in [0.5, 0.6) is 11.5 Å². The van der Waals surface area contributed by atoms with E-state index < -0.39 is 15.8 Å². The molecular formula is C30H25FN2O4S. The highest BCUT2D eigenvalue weighted by Gasteiger charge is 2.17. The number of nitrogens with one attached hydrogen (secondary N) is 1. The summed E-state index contributed by atoms with van der Waals surface area (Å²) in [6, 6.07) is 25.9. The number of methoxy groups -OCH3 is 2. The number of anilines is 1. The molecule has 4 aromatic carbocycles. The van der Waals surface area contributed by atoms with Gasteiger partial charge in [0.2, 0.25) is 0 Å². The minimum absolute atomic E-state index is 0.0935. The van der Waals surface area contributed by atoms with Gasteiger partial charge < -0.3 is 9.47 Å². The SMILES string of the molecule is COc1cc2nccc(Cc3ccc(NS(=O)(=O)c4cccc(-c5ccccc5)c4)cc3F)c2cc1OC. The first-order chi connectivity index (χ1) is 18.4. The quantitative estimate of drug-likeness (QED) is 0.250. The van der Waals surface area contributed by atoms with Crippen molar-refractivity contribution in [3.8, 4) is 22.6 Å². The summed E-state index contributed by atoms with van der Waals surface area (Å²) in [5, 5.41) is 0.813. The van der Waals surface area contributed by atoms with Crippen LogP contribution >= 0.6 is 0 Å². The van der Waals surface area contributed by atoms with Gasteiger partial charge in [0.1, 0.15) is 5.82 Å². The lowest BCUT2D eigenvalue weighted by molar-refractivity contribution is 0.356. The number of fused-ring (bicyclic) bond motifs is 1. The molecule has 0 aliphatic carbocycles. The Hall–Kier alpha value is -4.43. The zero-order valence-corrected chi connectivity index (χ0v) is 21.6. The summed E-state index contributed by atoms with van der Waals surface area (Å²) in [6.45, 7) is 0. The van der Waals surface area contributed by atoms with E-state index in [-0.39, 0.29) is 17.0 Å². The predicted octanol–water partition coefficient (Wildman–Crippen LogP) is 6.45. The van der Waals surface area contributed by atoms with Crippen molar-refractivity contribution in [1.29, 1.82) is 0 Å². The van der Waals surface area contributed by atoms with E-state index in [2.05, 4.69) is 9.71 Å². The second-order valence-electron chi connectivity index (χ2n) is 8.68. The molecule has 5 aromatic rings. The monoisotopic (exact) mass is 528 g/mol. The number of benzene rings is 4. The van der Waals surface area contributed by atoms with E-state index >= 15 is 4.39 Å². The Morgan fingerprint density at radius 3 is 2.26 bits per heavy atom. The second-order valence-corrected chi connectivity index (χ2v) is 10.4. The third kappa shape index (κ3) is 5.17. The molecule has 0 fully saturated rings. The van der Waals surface area contributed by atoms with Crippen LogP contribution in [0.1, 0.15) is 11.1 Å². The molecule has 0 unspecified atom stereocenters. The van der Waals surface area contributed by atoms with Crippen LogP contribution in [0.3, 0.4) is 0 Å². The van der Waals surface area contributed by atoms with E-state index in [1.54, 1.807) is 50.7 Å². The van der Waals surface area contributed by atoms with E-state index in [1.807, 2.05) is 48.5 Å². The normalized spacial score (nSPS) is 11.3. The van der Waals surface area contributed by atoms with Gasteiger partial charge in [-0.25, -0.2) is 12.8 Å². The summed E-state index contributed by atoms with van der Waals surface area (Å²) in [6.07, 6.45) is 1.94. The Morgan fingerprint density at radius 1 is 0.789 bits per heavy atom. The molecule has 1 N–H and O–H groups in total. The maximum absolute atomic E-state index is 15.2. The van der Waals surface area contributed by atoms with Gasteiger partial charge in [0.25, 0.3) is 10.0 Å². The summed E-state index contributed by atoms with van der Waals surface area (Å²) in [5.41, 5.74) is 3.78. The second kappa shape index (κ2) is 10.5. The number of nitrogens with zero attached hydrogens (tertiary/aromatic N) is 1. The van der Waals surface area contributed by atoms with Crippen molar-refractivity contribution in [2.45, 2.75) is 11.3 Å². The van der Waals surface area contributed by atoms with E-state index in [0.29, 0.717) is 22.6 Å². The van der Waals surface area contributed by atoms with Crippen LogP contribution in [-0.4, -0.2) is 27.6 Å². The highest BCUT2D eigenvalue weighted by atomic mass is 32.2. The third-order valence-corrected chi connectivity index (χ3v) is 7.65. The van der Waals surface area contributed by atoms with Crippen molar-refractivity contribution in [1.82, 2.24) is 4.98 Å². The van der Waals surface area contributed by atoms with E-state index in [0.717, 1.165) is 22.1 Å². The van der Waals surface area contributed by atoms with Gasteiger partial charge in [-0.2, -0.15) is 0 Å². The molecule has 0 saturated heterocycles. The standard InChI is InChI=1S/C30H25FN2O4S/c1-36-29-18-26-22(13-14-32-28(26)19-30(29)37-2)15-23-11-12-24(17-27(23)31)33-38(34,35)25-10-6-9-21(16-25)20-7-4-3-5-8-20/h3-14,16-19,33H,15H2,1-2H3. The molecular weight excluding hydrogens is 503 g/mol. The fourth-order valence-electron chi connectivity index (χ4n) is 4.33. The van der Waals surface area contributed by atoms with Crippen molar-refractivity contribution in [2.24, 2.45) is 0 Å². The van der Waals surface area contributed by atoms with Gasteiger partial charge in [0.15, 0.2) is 11.5 Å². The number of aromatic nitrogens is 1. The first kappa shape index (κ1) is 25.2. The van der Waals surface area contributed by atoms with Crippen LogP contribution < -0.4 is 14.2 Å². The van der Waals surface area contributed by atoms with Crippen LogP contribution in [0.2, 0.25) is 0 Å². The Labute approximate surface area is 220 Å². The van der Waals surface area contributed by atoms with Gasteiger partial charge in [0, 0.05) is 24.1 Å². The fourth-order valence-corrected chi connectivity index (χ4v) is 5.43. The van der Waals surface area contributed by atoms with Crippen LogP contribution in [0, 0.1) is 5.82 Å². The van der Waals surface area contributed by atoms with Gasteiger partial charge in [0.05, 0.1) is 30.3 Å². The highest BCUT2D eigenvalue weighted by molar-refractivity contribution is 7.92. The summed E-state index contributed by atoms with van der Waals surface area (Å²) in [4.78, 5) is 4.49. The molecule has 192 valence electrons. The summed E-state index contributed by atoms with van der Waals surface area (Å²) < 4.78 is 54.6. The Kier molecular flexibility index (Phi) is 6.98. The van der Waals surface area contributed by atoms with Crippen LogP contribution in [-0.2, 0) is 16.4 Å². The Bertz CT molecular complexity index is 1720. The molecule has 38 heavy (non-hydrogen) atoms. The average Bonchev–Trinajstić information content (AvgIpc) is 2.94. The first-order valence-electron chi connectivity index (χ1n) is 11.8. The lowest BCUT2D eigenvalue weighted by atomic mass is 10.00. The van der Waals surface area contributed by atoms with Gasteiger partial charge in [-0.15, -0.1) is 0 Å². The molecule has 0 aliphatic rings. The summed E-state index contributed by atoms with van der Waals surface area (Å²) >= 11 is 0. The highest BCUT2D eigenvalue weighted by Crippen LogP contribution is 2.34. The lowest BCUT2D eigenvalue weighted by Gasteiger charge is -2.13. The molecule has 1 aromatic heterocycles. The van der Waals surface area contributed by atoms with E-state index in [1.165, 1.54) is 12.1 Å². The smallest absolute Gasteiger partial charge is 0.261 e. The lowest BCUT2D eigenvalue weighted by Crippen LogP contribution is -2.13. The molecule has 0 amide bonds. The molecule has 0 spiro atoms. The Balaban J connectivity index is 1.40. The minimum Gasteiger partial charge on any atom is -0.493 e. The van der Waals surface area contributed by atoms with E-state index in [9.17, 15) is 8.42 Å². The van der Waals surface area contributed by atoms with Crippen molar-refractivity contribution < 1.29 is 22.3 Å². The molecule has 1 heterocycles. The van der Waals surface area contributed by atoms with Gasteiger partial charge in [-0.3, -0.25) is 9.71 Å². The number of hydrogen-bond donors (Lipinski definition) is 1. The number of hydrogen-bond acceptors (Lipinski definition) is 5. The molecule has 5 rings (SSSR count). The van der Waals surface area contributed by atoms with Gasteiger partial charge in [-0.05, 0) is 58.7 Å². The summed E-state index contributed by atoms with van der Waals surface area (Å²) in [5.74, 6) is 0.589. The molecule has 8 heteroatoms. The Morgan fingerprint density at radius 2 is 1.53 bits per heavy atom. The maximum Gasteiger partial charge on any atom is 0.261 e. The van der Waals surface area contributed by atoms with Crippen molar-refractivity contribution >= 4 is 26.6 Å². The largest absolute Gasteiger partial charge is 0.493 e.